The highest BCUT2D eigenvalue weighted by Gasteiger charge is 2.22. The van der Waals surface area contributed by atoms with Crippen molar-refractivity contribution in [1.29, 1.82) is 0 Å². The van der Waals surface area contributed by atoms with E-state index in [0.717, 1.165) is 27.9 Å². The lowest BCUT2D eigenvalue weighted by atomic mass is 10.0. The van der Waals surface area contributed by atoms with Crippen LogP contribution >= 0.6 is 0 Å². The summed E-state index contributed by atoms with van der Waals surface area (Å²) in [5, 5.41) is 15.0. The van der Waals surface area contributed by atoms with Crippen LogP contribution in [0.25, 0.3) is 28.0 Å². The fourth-order valence-electron chi connectivity index (χ4n) is 3.48. The van der Waals surface area contributed by atoms with Gasteiger partial charge in [-0.2, -0.15) is 5.10 Å². The molecular weight excluding hydrogens is 378 g/mol. The van der Waals surface area contributed by atoms with E-state index in [0.29, 0.717) is 18.5 Å². The van der Waals surface area contributed by atoms with E-state index in [4.69, 9.17) is 14.8 Å². The van der Waals surface area contributed by atoms with Crippen LogP contribution in [0, 0.1) is 0 Å². The number of hydrogen-bond acceptors (Lipinski definition) is 5. The molecule has 0 fully saturated rings. The summed E-state index contributed by atoms with van der Waals surface area (Å²) in [4.78, 5) is 17.3. The first-order valence-corrected chi connectivity index (χ1v) is 10.0. The fraction of sp³-hybridized carbons (Fsp3) is 0.208. The molecule has 0 saturated heterocycles. The molecule has 0 atom stereocenters. The lowest BCUT2D eigenvalue weighted by Crippen LogP contribution is -2.12. The van der Waals surface area contributed by atoms with Gasteiger partial charge >= 0.3 is 5.97 Å². The number of pyridine rings is 1. The Labute approximate surface area is 174 Å². The lowest BCUT2D eigenvalue weighted by molar-refractivity contribution is 0.0518. The predicted molar refractivity (Wildman–Crippen MR) is 116 cm³/mol. The Kier molecular flexibility index (Phi) is 5.86. The zero-order valence-electron chi connectivity index (χ0n) is 16.8. The summed E-state index contributed by atoms with van der Waals surface area (Å²) in [6.07, 6.45) is 1.06. The van der Waals surface area contributed by atoms with Crippen LogP contribution < -0.4 is 0 Å². The van der Waals surface area contributed by atoms with E-state index in [1.54, 1.807) is 11.6 Å². The second kappa shape index (κ2) is 8.88. The van der Waals surface area contributed by atoms with Gasteiger partial charge < -0.3 is 9.84 Å². The molecule has 0 bridgehead atoms. The number of nitrogens with zero attached hydrogens (tertiary/aromatic N) is 3. The highest BCUT2D eigenvalue weighted by molar-refractivity contribution is 5.97. The molecule has 2 aromatic carbocycles. The normalized spacial score (nSPS) is 11.0. The molecule has 0 amide bonds. The topological polar surface area (TPSA) is 77.2 Å². The Bertz CT molecular complexity index is 1150. The van der Waals surface area contributed by atoms with Crippen molar-refractivity contribution in [2.75, 3.05) is 13.2 Å². The van der Waals surface area contributed by atoms with Gasteiger partial charge in [0.15, 0.2) is 11.3 Å². The predicted octanol–water partition coefficient (Wildman–Crippen LogP) is 4.19. The third kappa shape index (κ3) is 3.82. The quantitative estimate of drug-likeness (QED) is 0.470. The van der Waals surface area contributed by atoms with Gasteiger partial charge in [-0.25, -0.2) is 14.5 Å². The van der Waals surface area contributed by atoms with Crippen LogP contribution in [0.5, 0.6) is 0 Å². The maximum atomic E-state index is 12.6. The molecule has 4 aromatic rings. The number of aryl methyl sites for hydroxylation is 1. The molecule has 0 aliphatic rings. The van der Waals surface area contributed by atoms with Crippen LogP contribution in [-0.2, 0) is 11.2 Å². The van der Waals surface area contributed by atoms with E-state index in [1.807, 2.05) is 66.7 Å². The molecule has 0 saturated carbocycles. The average Bonchev–Trinajstić information content (AvgIpc) is 3.17. The van der Waals surface area contributed by atoms with Crippen LogP contribution in [-0.4, -0.2) is 39.1 Å². The maximum absolute atomic E-state index is 12.6. The Hall–Kier alpha value is -3.51. The van der Waals surface area contributed by atoms with E-state index in [-0.39, 0.29) is 18.9 Å². The van der Waals surface area contributed by atoms with Crippen molar-refractivity contribution in [3.05, 3.63) is 78.0 Å². The number of ether oxygens (including phenoxy) is 1. The number of rotatable bonds is 7. The number of aliphatic hydroxyl groups excluding tert-OH is 1. The summed E-state index contributed by atoms with van der Waals surface area (Å²) < 4.78 is 7.00. The first kappa shape index (κ1) is 19.8. The van der Waals surface area contributed by atoms with Crippen molar-refractivity contribution < 1.29 is 14.6 Å². The highest BCUT2D eigenvalue weighted by atomic mass is 16.5. The summed E-state index contributed by atoms with van der Waals surface area (Å²) in [6, 6.07) is 21.6. The second-order valence-electron chi connectivity index (χ2n) is 6.88. The lowest BCUT2D eigenvalue weighted by Gasteiger charge is -2.09. The number of fused-ring (bicyclic) bond motifs is 1. The molecule has 0 radical (unpaired) electrons. The standard InChI is InChI=1S/C24H23N3O3/c1-2-30-24(29)22-18(12-9-15-28)16-20-21(17-10-5-3-6-11-17)26-27(23(20)25-22)19-13-7-4-8-14-19/h3-8,10-11,13-14,16,28H,2,9,12,15H2,1H3. The number of benzene rings is 2. The molecular formula is C24H23N3O3. The molecule has 0 aliphatic carbocycles. The highest BCUT2D eigenvalue weighted by Crippen LogP contribution is 2.31. The van der Waals surface area contributed by atoms with E-state index >= 15 is 0 Å². The van der Waals surface area contributed by atoms with E-state index < -0.39 is 5.97 Å². The third-order valence-corrected chi connectivity index (χ3v) is 4.86. The number of hydrogen-bond donors (Lipinski definition) is 1. The number of para-hydroxylation sites is 1. The molecule has 1 N–H and O–H groups in total. The number of aromatic nitrogens is 3. The third-order valence-electron chi connectivity index (χ3n) is 4.86. The minimum absolute atomic E-state index is 0.0368. The molecule has 6 nitrogen and oxygen atoms in total. The van der Waals surface area contributed by atoms with E-state index in [1.165, 1.54) is 0 Å². The van der Waals surface area contributed by atoms with Crippen LogP contribution in [0.1, 0.15) is 29.4 Å². The van der Waals surface area contributed by atoms with Crippen molar-refractivity contribution in [2.45, 2.75) is 19.8 Å². The molecule has 0 spiro atoms. The molecule has 0 aliphatic heterocycles. The molecule has 152 valence electrons. The van der Waals surface area contributed by atoms with Gasteiger partial charge in [0.1, 0.15) is 5.69 Å². The molecule has 30 heavy (non-hydrogen) atoms. The van der Waals surface area contributed by atoms with E-state index in [2.05, 4.69) is 0 Å². The SMILES string of the molecule is CCOC(=O)c1nc2c(cc1CCCO)c(-c1ccccc1)nn2-c1ccccc1. The summed E-state index contributed by atoms with van der Waals surface area (Å²) in [5.74, 6) is -0.464. The van der Waals surface area contributed by atoms with Crippen molar-refractivity contribution in [2.24, 2.45) is 0 Å². The zero-order valence-corrected chi connectivity index (χ0v) is 16.8. The average molecular weight is 401 g/mol. The van der Waals surface area contributed by atoms with Gasteiger partial charge in [-0.3, -0.25) is 0 Å². The van der Waals surface area contributed by atoms with Crippen LogP contribution in [0.4, 0.5) is 0 Å². The maximum Gasteiger partial charge on any atom is 0.357 e. The first-order valence-electron chi connectivity index (χ1n) is 10.0. The molecule has 6 heteroatoms. The Morgan fingerprint density at radius 3 is 2.43 bits per heavy atom. The Morgan fingerprint density at radius 1 is 1.07 bits per heavy atom. The number of carbonyl (C=O) groups excluding carboxylic acids is 1. The first-order chi connectivity index (χ1) is 14.7. The van der Waals surface area contributed by atoms with Crippen LogP contribution in [0.3, 0.4) is 0 Å². The van der Waals surface area contributed by atoms with Crippen LogP contribution in [0.15, 0.2) is 66.7 Å². The molecule has 0 unspecified atom stereocenters. The van der Waals surface area contributed by atoms with Crippen LogP contribution in [0.2, 0.25) is 0 Å². The Morgan fingerprint density at radius 2 is 1.77 bits per heavy atom. The summed E-state index contributed by atoms with van der Waals surface area (Å²) in [5.41, 5.74) is 4.24. The number of esters is 1. The fourth-order valence-corrected chi connectivity index (χ4v) is 3.48. The van der Waals surface area contributed by atoms with Gasteiger partial charge in [0.05, 0.1) is 12.3 Å². The minimum Gasteiger partial charge on any atom is -0.461 e. The van der Waals surface area contributed by atoms with Gasteiger partial charge in [0.2, 0.25) is 0 Å². The van der Waals surface area contributed by atoms with Crippen molar-refractivity contribution >= 4 is 17.0 Å². The molecule has 4 rings (SSSR count). The number of carbonyl (C=O) groups is 1. The minimum atomic E-state index is -0.464. The smallest absolute Gasteiger partial charge is 0.357 e. The second-order valence-corrected chi connectivity index (χ2v) is 6.88. The van der Waals surface area contributed by atoms with E-state index in [9.17, 15) is 9.90 Å². The van der Waals surface area contributed by atoms with Gasteiger partial charge in [-0.15, -0.1) is 0 Å². The van der Waals surface area contributed by atoms with Crippen molar-refractivity contribution in [3.8, 4) is 16.9 Å². The van der Waals surface area contributed by atoms with Gasteiger partial charge in [-0.05, 0) is 43.5 Å². The van der Waals surface area contributed by atoms with Crippen molar-refractivity contribution in [1.82, 2.24) is 14.8 Å². The summed E-state index contributed by atoms with van der Waals surface area (Å²) in [7, 11) is 0. The molecule has 2 aromatic heterocycles. The number of aliphatic hydroxyl groups is 1. The van der Waals surface area contributed by atoms with Gasteiger partial charge in [0.25, 0.3) is 0 Å². The summed E-state index contributed by atoms with van der Waals surface area (Å²) in [6.45, 7) is 2.08. The Balaban J connectivity index is 1.99. The monoisotopic (exact) mass is 401 g/mol. The molecule has 2 heterocycles. The van der Waals surface area contributed by atoms with Gasteiger partial charge in [-0.1, -0.05) is 48.5 Å². The van der Waals surface area contributed by atoms with Gasteiger partial charge in [0, 0.05) is 17.6 Å². The summed E-state index contributed by atoms with van der Waals surface area (Å²) >= 11 is 0. The van der Waals surface area contributed by atoms with Crippen molar-refractivity contribution in [3.63, 3.8) is 0 Å². The largest absolute Gasteiger partial charge is 0.461 e. The zero-order chi connectivity index (χ0) is 20.9.